The Hall–Kier alpha value is -3.61. The van der Waals surface area contributed by atoms with Crippen LogP contribution in [0, 0.1) is 6.92 Å². The van der Waals surface area contributed by atoms with E-state index >= 15 is 0 Å². The Kier molecular flexibility index (Phi) is 6.06. The Balaban J connectivity index is 1.77. The van der Waals surface area contributed by atoms with E-state index in [0.717, 1.165) is 5.75 Å². The molecule has 1 heterocycles. The van der Waals surface area contributed by atoms with Crippen molar-refractivity contribution < 1.29 is 14.3 Å². The number of aromatic nitrogens is 2. The van der Waals surface area contributed by atoms with E-state index in [0.29, 0.717) is 35.4 Å². The van der Waals surface area contributed by atoms with E-state index in [1.54, 1.807) is 37.4 Å². The third kappa shape index (κ3) is 4.76. The second-order valence-electron chi connectivity index (χ2n) is 5.95. The van der Waals surface area contributed by atoms with Gasteiger partial charge in [-0.25, -0.2) is 9.97 Å². The molecule has 2 aromatic carbocycles. The summed E-state index contributed by atoms with van der Waals surface area (Å²) in [4.78, 5) is 21.3. The average molecular weight is 378 g/mol. The summed E-state index contributed by atoms with van der Waals surface area (Å²) in [5, 5.41) is 5.93. The summed E-state index contributed by atoms with van der Waals surface area (Å²) in [6.45, 7) is 4.32. The third-order valence-corrected chi connectivity index (χ3v) is 3.86. The Bertz CT molecular complexity index is 958. The first-order valence-electron chi connectivity index (χ1n) is 8.89. The molecule has 0 atom stereocenters. The second kappa shape index (κ2) is 8.85. The first-order chi connectivity index (χ1) is 13.6. The van der Waals surface area contributed by atoms with Crippen LogP contribution in [0.3, 0.4) is 0 Å². The van der Waals surface area contributed by atoms with E-state index < -0.39 is 0 Å². The van der Waals surface area contributed by atoms with E-state index in [2.05, 4.69) is 20.6 Å². The van der Waals surface area contributed by atoms with Crippen molar-refractivity contribution in [2.45, 2.75) is 13.8 Å². The molecular formula is C21H22N4O3. The first kappa shape index (κ1) is 19.2. The second-order valence-corrected chi connectivity index (χ2v) is 5.95. The molecule has 7 heteroatoms. The zero-order valence-corrected chi connectivity index (χ0v) is 16.0. The predicted octanol–water partition coefficient (Wildman–Crippen LogP) is 4.19. The minimum absolute atomic E-state index is 0.263. The number of anilines is 3. The molecule has 0 bridgehead atoms. The topological polar surface area (TPSA) is 85.4 Å². The van der Waals surface area contributed by atoms with E-state index in [1.807, 2.05) is 38.1 Å². The lowest BCUT2D eigenvalue weighted by atomic mass is 10.2. The highest BCUT2D eigenvalue weighted by Crippen LogP contribution is 2.25. The fraction of sp³-hybridized carbons (Fsp3) is 0.190. The molecule has 1 amide bonds. The molecule has 1 aromatic heterocycles. The van der Waals surface area contributed by atoms with Gasteiger partial charge < -0.3 is 20.1 Å². The number of aryl methyl sites for hydroxylation is 1. The van der Waals surface area contributed by atoms with Gasteiger partial charge in [0.1, 0.15) is 17.2 Å². The summed E-state index contributed by atoms with van der Waals surface area (Å²) in [7, 11) is 1.59. The van der Waals surface area contributed by atoms with Crippen molar-refractivity contribution in [1.29, 1.82) is 0 Å². The molecule has 0 saturated heterocycles. The zero-order valence-electron chi connectivity index (χ0n) is 16.0. The number of para-hydroxylation sites is 2. The fourth-order valence-corrected chi connectivity index (χ4v) is 2.61. The van der Waals surface area contributed by atoms with Crippen LogP contribution in [0.4, 0.5) is 17.3 Å². The smallest absolute Gasteiger partial charge is 0.274 e. The van der Waals surface area contributed by atoms with Gasteiger partial charge in [0.25, 0.3) is 5.91 Å². The summed E-state index contributed by atoms with van der Waals surface area (Å²) in [6, 6.07) is 16.2. The number of nitrogens with zero attached hydrogens (tertiary/aromatic N) is 2. The molecule has 0 saturated carbocycles. The van der Waals surface area contributed by atoms with Gasteiger partial charge in [-0.05, 0) is 56.3 Å². The Morgan fingerprint density at radius 1 is 1.07 bits per heavy atom. The van der Waals surface area contributed by atoms with E-state index in [-0.39, 0.29) is 11.6 Å². The Morgan fingerprint density at radius 2 is 1.82 bits per heavy atom. The molecule has 0 aliphatic rings. The highest BCUT2D eigenvalue weighted by molar-refractivity contribution is 6.03. The fourth-order valence-electron chi connectivity index (χ4n) is 2.61. The number of amides is 1. The summed E-state index contributed by atoms with van der Waals surface area (Å²) < 4.78 is 10.7. The highest BCUT2D eigenvalue weighted by Gasteiger charge is 2.12. The summed E-state index contributed by atoms with van der Waals surface area (Å²) in [5.74, 6) is 1.41. The van der Waals surface area contributed by atoms with E-state index in [4.69, 9.17) is 9.47 Å². The molecule has 144 valence electrons. The van der Waals surface area contributed by atoms with Gasteiger partial charge in [0.2, 0.25) is 5.95 Å². The number of carbonyl (C=O) groups excluding carboxylic acids is 1. The lowest BCUT2D eigenvalue weighted by molar-refractivity contribution is 0.102. The van der Waals surface area contributed by atoms with Crippen LogP contribution < -0.4 is 20.1 Å². The summed E-state index contributed by atoms with van der Waals surface area (Å²) in [5.41, 5.74) is 2.31. The van der Waals surface area contributed by atoms with Gasteiger partial charge in [0.05, 0.1) is 19.4 Å². The van der Waals surface area contributed by atoms with Gasteiger partial charge in [-0.15, -0.1) is 0 Å². The molecule has 0 aliphatic carbocycles. The molecule has 0 spiro atoms. The molecule has 7 nitrogen and oxygen atoms in total. The number of methoxy groups -OCH3 is 1. The van der Waals surface area contributed by atoms with Gasteiger partial charge in [-0.1, -0.05) is 12.1 Å². The maximum Gasteiger partial charge on any atom is 0.274 e. The zero-order chi connectivity index (χ0) is 19.9. The van der Waals surface area contributed by atoms with Crippen LogP contribution in [-0.4, -0.2) is 29.6 Å². The SMILES string of the molecule is CCOc1ccc(NC(=O)c2cc(C)nc(Nc3ccccc3OC)n2)cc1. The van der Waals surface area contributed by atoms with E-state index in [1.165, 1.54) is 0 Å². The molecule has 2 N–H and O–H groups in total. The van der Waals surface area contributed by atoms with Crippen molar-refractivity contribution in [2.24, 2.45) is 0 Å². The molecule has 28 heavy (non-hydrogen) atoms. The number of nitrogens with one attached hydrogen (secondary N) is 2. The minimum Gasteiger partial charge on any atom is -0.495 e. The third-order valence-electron chi connectivity index (χ3n) is 3.86. The lowest BCUT2D eigenvalue weighted by Gasteiger charge is -2.11. The van der Waals surface area contributed by atoms with Crippen LogP contribution >= 0.6 is 0 Å². The average Bonchev–Trinajstić information content (AvgIpc) is 2.69. The van der Waals surface area contributed by atoms with Crippen LogP contribution in [0.1, 0.15) is 23.1 Å². The summed E-state index contributed by atoms with van der Waals surface area (Å²) in [6.07, 6.45) is 0. The van der Waals surface area contributed by atoms with Crippen molar-refractivity contribution in [1.82, 2.24) is 9.97 Å². The lowest BCUT2D eigenvalue weighted by Crippen LogP contribution is -2.15. The van der Waals surface area contributed by atoms with Gasteiger partial charge in [-0.2, -0.15) is 0 Å². The minimum atomic E-state index is -0.322. The maximum absolute atomic E-state index is 12.6. The van der Waals surface area contributed by atoms with E-state index in [9.17, 15) is 4.79 Å². The molecule has 0 fully saturated rings. The van der Waals surface area contributed by atoms with Crippen LogP contribution in [-0.2, 0) is 0 Å². The van der Waals surface area contributed by atoms with Crippen molar-refractivity contribution >= 4 is 23.2 Å². The largest absolute Gasteiger partial charge is 0.495 e. The van der Waals surface area contributed by atoms with Crippen molar-refractivity contribution in [2.75, 3.05) is 24.4 Å². The Morgan fingerprint density at radius 3 is 2.54 bits per heavy atom. The number of rotatable bonds is 7. The number of benzene rings is 2. The molecule has 0 radical (unpaired) electrons. The van der Waals surface area contributed by atoms with Gasteiger partial charge >= 0.3 is 0 Å². The first-order valence-corrected chi connectivity index (χ1v) is 8.89. The number of carbonyl (C=O) groups is 1. The molecule has 0 aliphatic heterocycles. The number of hydrogen-bond donors (Lipinski definition) is 2. The quantitative estimate of drug-likeness (QED) is 0.641. The van der Waals surface area contributed by atoms with Crippen molar-refractivity contribution in [3.63, 3.8) is 0 Å². The van der Waals surface area contributed by atoms with Crippen molar-refractivity contribution in [3.8, 4) is 11.5 Å². The normalized spacial score (nSPS) is 10.2. The van der Waals surface area contributed by atoms with Crippen molar-refractivity contribution in [3.05, 3.63) is 66.0 Å². The standard InChI is InChI=1S/C21H22N4O3/c1-4-28-16-11-9-15(10-12-16)23-20(26)18-13-14(2)22-21(25-18)24-17-7-5-6-8-19(17)27-3/h5-13H,4H2,1-3H3,(H,23,26)(H,22,24,25). The van der Waals surface area contributed by atoms with Crippen LogP contribution in [0.5, 0.6) is 11.5 Å². The maximum atomic E-state index is 12.6. The monoisotopic (exact) mass is 378 g/mol. The van der Waals surface area contributed by atoms with Crippen LogP contribution in [0.15, 0.2) is 54.6 Å². The van der Waals surface area contributed by atoms with Gasteiger partial charge in [0.15, 0.2) is 0 Å². The molecule has 3 rings (SSSR count). The Labute approximate surface area is 163 Å². The van der Waals surface area contributed by atoms with Gasteiger partial charge in [-0.3, -0.25) is 4.79 Å². The molecule has 3 aromatic rings. The molecule has 0 unspecified atom stereocenters. The number of ether oxygens (including phenoxy) is 2. The highest BCUT2D eigenvalue weighted by atomic mass is 16.5. The summed E-state index contributed by atoms with van der Waals surface area (Å²) >= 11 is 0. The predicted molar refractivity (Wildman–Crippen MR) is 109 cm³/mol. The van der Waals surface area contributed by atoms with Crippen LogP contribution in [0.25, 0.3) is 0 Å². The molecular weight excluding hydrogens is 356 g/mol. The van der Waals surface area contributed by atoms with Crippen LogP contribution in [0.2, 0.25) is 0 Å². The number of hydrogen-bond acceptors (Lipinski definition) is 6. The van der Waals surface area contributed by atoms with Gasteiger partial charge in [0, 0.05) is 11.4 Å².